The summed E-state index contributed by atoms with van der Waals surface area (Å²) in [5.41, 5.74) is 0. The molecule has 0 aliphatic rings. The molecule has 3 aromatic carbocycles. The Bertz CT molecular complexity index is 550. The van der Waals surface area contributed by atoms with Gasteiger partial charge < -0.3 is 0 Å². The molecule has 0 unspecified atom stereocenters. The Balaban J connectivity index is 0.000000457. The Kier molecular flexibility index (Phi) is 4.09. The minimum Gasteiger partial charge on any atom is -0.183 e. The molecule has 0 saturated heterocycles. The van der Waals surface area contributed by atoms with Crippen LogP contribution in [0.25, 0.3) is 21.5 Å². The molecule has 0 aliphatic carbocycles. The first-order valence-corrected chi connectivity index (χ1v) is 11.9. The zero-order valence-corrected chi connectivity index (χ0v) is 13.3. The monoisotopic (exact) mass is 320 g/mol. The van der Waals surface area contributed by atoms with Gasteiger partial charge in [0.2, 0.25) is 0 Å². The van der Waals surface area contributed by atoms with Crippen molar-refractivity contribution in [3.05, 3.63) is 60.7 Å². The second-order valence-electron chi connectivity index (χ2n) is 3.43. The summed E-state index contributed by atoms with van der Waals surface area (Å²) in [6.07, 6.45) is 0. The molecule has 2 heteroatoms. The average molecular weight is 323 g/mol. The third-order valence-corrected chi connectivity index (χ3v) is 2.59. The first-order valence-electron chi connectivity index (χ1n) is 4.99. The first kappa shape index (κ1) is 11.8. The second kappa shape index (κ2) is 5.56. The van der Waals surface area contributed by atoms with Gasteiger partial charge in [-0.15, -0.1) is 10.8 Å². The van der Waals surface area contributed by atoms with Gasteiger partial charge in [0.05, 0.1) is 0 Å². The minimum absolute atomic E-state index is 1.19. The summed E-state index contributed by atoms with van der Waals surface area (Å²) in [5, 5.41) is 5.16. The maximum Gasteiger partial charge on any atom is -0.0301 e. The van der Waals surface area contributed by atoms with Gasteiger partial charge in [0.25, 0.3) is 0 Å². The van der Waals surface area contributed by atoms with Gasteiger partial charge in [-0.3, -0.25) is 0 Å². The van der Waals surface area contributed by atoms with E-state index in [2.05, 4.69) is 68.2 Å². The van der Waals surface area contributed by atoms with Gasteiger partial charge in [0, 0.05) is 0 Å². The van der Waals surface area contributed by atoms with Crippen molar-refractivity contribution < 1.29 is 16.3 Å². The Hall–Kier alpha value is -0.717. The molecule has 0 aliphatic heterocycles. The summed E-state index contributed by atoms with van der Waals surface area (Å²) in [6, 6.07) is 22.0. The van der Waals surface area contributed by atoms with Gasteiger partial charge in [-0.2, -0.15) is 24.3 Å². The maximum atomic E-state index is 3.13. The van der Waals surface area contributed by atoms with Crippen LogP contribution in [-0.2, 0) is 16.3 Å². The van der Waals surface area contributed by atoms with Crippen molar-refractivity contribution in [2.75, 3.05) is 0 Å². The Labute approximate surface area is 112 Å². The van der Waals surface area contributed by atoms with E-state index in [-0.39, 0.29) is 0 Å². The van der Waals surface area contributed by atoms with Crippen molar-refractivity contribution in [3.63, 3.8) is 0 Å². The molecule has 0 fully saturated rings. The van der Waals surface area contributed by atoms with Gasteiger partial charge in [-0.1, -0.05) is 41.8 Å². The number of benzene rings is 3. The van der Waals surface area contributed by atoms with Crippen LogP contribution in [-0.4, -0.2) is 0 Å². The molecular weight excluding hydrogens is 313 g/mol. The fourth-order valence-corrected chi connectivity index (χ4v) is 1.89. The SMILES string of the molecule is [Zn+][Br].[c-]1ccc2ccc3ccccc3c2c1. The molecule has 0 bridgehead atoms. The Morgan fingerprint density at radius 1 is 0.812 bits per heavy atom. The van der Waals surface area contributed by atoms with Crippen molar-refractivity contribution in [1.29, 1.82) is 0 Å². The molecule has 3 aromatic rings. The van der Waals surface area contributed by atoms with Crippen LogP contribution >= 0.6 is 13.6 Å². The van der Waals surface area contributed by atoms with Crippen LogP contribution in [0.2, 0.25) is 0 Å². The van der Waals surface area contributed by atoms with Crippen LogP contribution in [0.1, 0.15) is 0 Å². The van der Waals surface area contributed by atoms with Crippen molar-refractivity contribution in [3.8, 4) is 0 Å². The molecular formula is C14H9BrZn. The molecule has 0 spiro atoms. The molecule has 0 amide bonds. The van der Waals surface area contributed by atoms with Gasteiger partial charge in [-0.25, -0.2) is 0 Å². The summed E-state index contributed by atoms with van der Waals surface area (Å²) < 4.78 is 0. The standard InChI is InChI=1S/C14H9.BrH.Zn/c1-3-7-13-11(5-1)9-10-12-6-2-4-8-14(12)13;;/h1-3,5-10H;1H;/q-1;;+2/p-1. The average Bonchev–Trinajstić information content (AvgIpc) is 2.41. The zero-order valence-electron chi connectivity index (χ0n) is 8.78. The van der Waals surface area contributed by atoms with E-state index in [1.165, 1.54) is 37.9 Å². The van der Waals surface area contributed by atoms with Gasteiger partial charge in [0.15, 0.2) is 0 Å². The number of fused-ring (bicyclic) bond motifs is 3. The molecule has 0 radical (unpaired) electrons. The van der Waals surface area contributed by atoms with Gasteiger partial charge in [-0.05, 0) is 5.39 Å². The van der Waals surface area contributed by atoms with Crippen LogP contribution in [0.3, 0.4) is 0 Å². The normalized spacial score (nSPS) is 9.94. The fourth-order valence-electron chi connectivity index (χ4n) is 1.89. The molecule has 0 N–H and O–H groups in total. The second-order valence-corrected chi connectivity index (χ2v) is 3.43. The van der Waals surface area contributed by atoms with Crippen LogP contribution in [0, 0.1) is 6.07 Å². The topological polar surface area (TPSA) is 0 Å². The molecule has 0 saturated carbocycles. The van der Waals surface area contributed by atoms with Crippen molar-refractivity contribution in [2.24, 2.45) is 0 Å². The number of hydrogen-bond acceptors (Lipinski definition) is 0. The fraction of sp³-hybridized carbons (Fsp3) is 0. The van der Waals surface area contributed by atoms with Crippen molar-refractivity contribution in [2.45, 2.75) is 0 Å². The summed E-state index contributed by atoms with van der Waals surface area (Å²) in [7, 11) is 0. The predicted molar refractivity (Wildman–Crippen MR) is 69.2 cm³/mol. The minimum atomic E-state index is 1.19. The first-order chi connectivity index (χ1) is 7.95. The third-order valence-electron chi connectivity index (χ3n) is 2.59. The summed E-state index contributed by atoms with van der Waals surface area (Å²) in [6.45, 7) is 0. The van der Waals surface area contributed by atoms with E-state index in [0.29, 0.717) is 0 Å². The van der Waals surface area contributed by atoms with Crippen molar-refractivity contribution in [1.82, 2.24) is 0 Å². The van der Waals surface area contributed by atoms with E-state index in [0.717, 1.165) is 0 Å². The van der Waals surface area contributed by atoms with Gasteiger partial charge in [0.1, 0.15) is 0 Å². The molecule has 74 valence electrons. The van der Waals surface area contributed by atoms with E-state index < -0.39 is 0 Å². The van der Waals surface area contributed by atoms with Crippen LogP contribution in [0.15, 0.2) is 54.6 Å². The number of rotatable bonds is 0. The van der Waals surface area contributed by atoms with E-state index in [1.54, 1.807) is 0 Å². The van der Waals surface area contributed by atoms with E-state index in [4.69, 9.17) is 0 Å². The predicted octanol–water partition coefficient (Wildman–Crippen LogP) is 4.64. The quantitative estimate of drug-likeness (QED) is 0.321. The molecule has 0 nitrogen and oxygen atoms in total. The summed E-state index contributed by atoms with van der Waals surface area (Å²) >= 11 is 4.25. The maximum absolute atomic E-state index is 3.13. The molecule has 3 rings (SSSR count). The van der Waals surface area contributed by atoms with Crippen LogP contribution in [0.5, 0.6) is 0 Å². The molecule has 0 heterocycles. The largest absolute Gasteiger partial charge is 0.183 e. The molecule has 16 heavy (non-hydrogen) atoms. The molecule has 0 atom stereocenters. The zero-order chi connectivity index (χ0) is 11.4. The molecule has 0 aromatic heterocycles. The number of hydrogen-bond donors (Lipinski definition) is 0. The third kappa shape index (κ3) is 2.19. The van der Waals surface area contributed by atoms with E-state index in [1.807, 2.05) is 6.07 Å². The van der Waals surface area contributed by atoms with Crippen LogP contribution in [0.4, 0.5) is 0 Å². The Morgan fingerprint density at radius 2 is 1.50 bits per heavy atom. The summed E-state index contributed by atoms with van der Waals surface area (Å²) in [4.78, 5) is 0. The smallest absolute Gasteiger partial charge is 0.0301 e. The Morgan fingerprint density at radius 3 is 2.31 bits per heavy atom. The summed E-state index contributed by atoms with van der Waals surface area (Å²) in [5.74, 6) is 0. The number of halogens is 1. The van der Waals surface area contributed by atoms with E-state index >= 15 is 0 Å². The van der Waals surface area contributed by atoms with E-state index in [9.17, 15) is 0 Å². The van der Waals surface area contributed by atoms with Crippen LogP contribution < -0.4 is 0 Å². The van der Waals surface area contributed by atoms with Crippen molar-refractivity contribution >= 4 is 35.2 Å². The van der Waals surface area contributed by atoms with Gasteiger partial charge >= 0.3 is 30.0 Å².